The minimum atomic E-state index is -0.496. The summed E-state index contributed by atoms with van der Waals surface area (Å²) in [4.78, 5) is 27.7. The molecule has 7 heteroatoms. The SMILES string of the molecule is Cc1cc2nc(-c3ccc(NC(=O)c4cccc([N+](=O)[O-])c4C)cc3)oc2cc1C. The predicted octanol–water partition coefficient (Wildman–Crippen LogP) is 5.58. The zero-order valence-corrected chi connectivity index (χ0v) is 16.7. The number of fused-ring (bicyclic) bond motifs is 1. The van der Waals surface area contributed by atoms with Gasteiger partial charge in [-0.1, -0.05) is 6.07 Å². The van der Waals surface area contributed by atoms with Crippen LogP contribution in [0.2, 0.25) is 0 Å². The van der Waals surface area contributed by atoms with Gasteiger partial charge in [0.1, 0.15) is 5.52 Å². The molecule has 4 aromatic rings. The fourth-order valence-corrected chi connectivity index (χ4v) is 3.27. The first-order valence-corrected chi connectivity index (χ1v) is 9.37. The van der Waals surface area contributed by atoms with Gasteiger partial charge in [0.15, 0.2) is 5.58 Å². The van der Waals surface area contributed by atoms with Gasteiger partial charge in [0.05, 0.1) is 4.92 Å². The molecule has 0 spiro atoms. The number of anilines is 1. The number of carbonyl (C=O) groups is 1. The van der Waals surface area contributed by atoms with Crippen LogP contribution in [0.5, 0.6) is 0 Å². The van der Waals surface area contributed by atoms with Gasteiger partial charge in [-0.3, -0.25) is 14.9 Å². The summed E-state index contributed by atoms with van der Waals surface area (Å²) in [6, 6.07) is 15.5. The molecule has 0 atom stereocenters. The minimum absolute atomic E-state index is 0.0839. The van der Waals surface area contributed by atoms with Gasteiger partial charge in [-0.15, -0.1) is 0 Å². The smallest absolute Gasteiger partial charge is 0.273 e. The Balaban J connectivity index is 1.56. The fraction of sp³-hybridized carbons (Fsp3) is 0.130. The Morgan fingerprint density at radius 1 is 1.03 bits per heavy atom. The number of benzene rings is 3. The van der Waals surface area contributed by atoms with Crippen LogP contribution >= 0.6 is 0 Å². The lowest BCUT2D eigenvalue weighted by molar-refractivity contribution is -0.385. The van der Waals surface area contributed by atoms with Gasteiger partial charge in [-0.2, -0.15) is 0 Å². The third-order valence-electron chi connectivity index (χ3n) is 5.14. The van der Waals surface area contributed by atoms with Crippen LogP contribution in [0.15, 0.2) is 59.0 Å². The standard InChI is InChI=1S/C23H19N3O4/c1-13-11-19-21(12-14(13)2)30-23(25-19)16-7-9-17(10-8-16)24-22(27)18-5-4-6-20(15(18)3)26(28)29/h4-12H,1-3H3,(H,24,27). The van der Waals surface area contributed by atoms with E-state index in [9.17, 15) is 14.9 Å². The number of carbonyl (C=O) groups excluding carboxylic acids is 1. The van der Waals surface area contributed by atoms with Crippen molar-refractivity contribution in [2.24, 2.45) is 0 Å². The van der Waals surface area contributed by atoms with Crippen LogP contribution in [0.4, 0.5) is 11.4 Å². The van der Waals surface area contributed by atoms with Gasteiger partial charge in [-0.25, -0.2) is 4.98 Å². The van der Waals surface area contributed by atoms with E-state index in [1.807, 2.05) is 26.0 Å². The van der Waals surface area contributed by atoms with Gasteiger partial charge < -0.3 is 9.73 Å². The van der Waals surface area contributed by atoms with E-state index >= 15 is 0 Å². The van der Waals surface area contributed by atoms with Crippen LogP contribution in [0.3, 0.4) is 0 Å². The average molecular weight is 401 g/mol. The van der Waals surface area contributed by atoms with E-state index in [4.69, 9.17) is 4.42 Å². The quantitative estimate of drug-likeness (QED) is 0.355. The molecule has 0 bridgehead atoms. The van der Waals surface area contributed by atoms with Gasteiger partial charge in [0.2, 0.25) is 5.89 Å². The molecule has 30 heavy (non-hydrogen) atoms. The molecule has 4 rings (SSSR count). The molecule has 150 valence electrons. The molecule has 1 amide bonds. The number of nitrogens with one attached hydrogen (secondary N) is 1. The number of nitro benzene ring substituents is 1. The van der Waals surface area contributed by atoms with Crippen molar-refractivity contribution in [3.8, 4) is 11.5 Å². The average Bonchev–Trinajstić information content (AvgIpc) is 3.11. The van der Waals surface area contributed by atoms with Crippen LogP contribution < -0.4 is 5.32 Å². The van der Waals surface area contributed by atoms with Gasteiger partial charge >= 0.3 is 0 Å². The summed E-state index contributed by atoms with van der Waals surface area (Å²) >= 11 is 0. The highest BCUT2D eigenvalue weighted by Gasteiger charge is 2.18. The van der Waals surface area contributed by atoms with Crippen molar-refractivity contribution in [1.29, 1.82) is 0 Å². The molecule has 1 heterocycles. The van der Waals surface area contributed by atoms with Crippen molar-refractivity contribution >= 4 is 28.4 Å². The number of nitrogens with zero attached hydrogens (tertiary/aromatic N) is 2. The van der Waals surface area contributed by atoms with E-state index in [-0.39, 0.29) is 11.3 Å². The van der Waals surface area contributed by atoms with Crippen LogP contribution in [-0.4, -0.2) is 15.8 Å². The highest BCUT2D eigenvalue weighted by molar-refractivity contribution is 6.05. The first-order chi connectivity index (χ1) is 14.3. The molecule has 0 unspecified atom stereocenters. The van der Waals surface area contributed by atoms with Gasteiger partial charge in [-0.05, 0) is 74.4 Å². The number of aromatic nitrogens is 1. The molecule has 1 aromatic heterocycles. The molecular weight excluding hydrogens is 382 g/mol. The third-order valence-corrected chi connectivity index (χ3v) is 5.14. The van der Waals surface area contributed by atoms with Crippen molar-refractivity contribution in [3.05, 3.63) is 87.0 Å². The number of hydrogen-bond acceptors (Lipinski definition) is 5. The third kappa shape index (κ3) is 3.53. The molecule has 0 saturated heterocycles. The number of oxazole rings is 1. The normalized spacial score (nSPS) is 10.9. The van der Waals surface area contributed by atoms with Crippen molar-refractivity contribution in [2.75, 3.05) is 5.32 Å². The predicted molar refractivity (Wildman–Crippen MR) is 115 cm³/mol. The van der Waals surface area contributed by atoms with Gasteiger partial charge in [0, 0.05) is 28.4 Å². The lowest BCUT2D eigenvalue weighted by atomic mass is 10.1. The summed E-state index contributed by atoms with van der Waals surface area (Å²) in [5.41, 5.74) is 5.67. The van der Waals surface area contributed by atoms with Crippen molar-refractivity contribution in [3.63, 3.8) is 0 Å². The Bertz CT molecular complexity index is 1250. The number of hydrogen-bond donors (Lipinski definition) is 1. The summed E-state index contributed by atoms with van der Waals surface area (Å²) in [5, 5.41) is 13.9. The second kappa shape index (κ2) is 7.44. The number of nitro groups is 1. The fourth-order valence-electron chi connectivity index (χ4n) is 3.27. The van der Waals surface area contributed by atoms with E-state index in [2.05, 4.69) is 10.3 Å². The molecule has 0 aliphatic rings. The second-order valence-electron chi connectivity index (χ2n) is 7.16. The summed E-state index contributed by atoms with van der Waals surface area (Å²) < 4.78 is 5.87. The molecule has 0 saturated carbocycles. The maximum Gasteiger partial charge on any atom is 0.273 e. The first kappa shape index (κ1) is 19.3. The Labute approximate surface area is 172 Å². The number of amides is 1. The van der Waals surface area contributed by atoms with Crippen molar-refractivity contribution in [1.82, 2.24) is 4.98 Å². The molecule has 1 N–H and O–H groups in total. The Morgan fingerprint density at radius 2 is 1.73 bits per heavy atom. The zero-order chi connectivity index (χ0) is 21.4. The molecule has 0 fully saturated rings. The van der Waals surface area contributed by atoms with E-state index < -0.39 is 10.8 Å². The highest BCUT2D eigenvalue weighted by Crippen LogP contribution is 2.28. The van der Waals surface area contributed by atoms with E-state index in [1.54, 1.807) is 37.3 Å². The Morgan fingerprint density at radius 3 is 2.43 bits per heavy atom. The molecule has 0 radical (unpaired) electrons. The number of rotatable bonds is 4. The molecule has 7 nitrogen and oxygen atoms in total. The number of aryl methyl sites for hydroxylation is 2. The maximum atomic E-state index is 12.6. The van der Waals surface area contributed by atoms with E-state index in [1.165, 1.54) is 12.1 Å². The first-order valence-electron chi connectivity index (χ1n) is 9.37. The summed E-state index contributed by atoms with van der Waals surface area (Å²) in [5.74, 6) is 0.0965. The minimum Gasteiger partial charge on any atom is -0.436 e. The zero-order valence-electron chi connectivity index (χ0n) is 16.7. The summed E-state index contributed by atoms with van der Waals surface area (Å²) in [6.45, 7) is 5.62. The van der Waals surface area contributed by atoms with Crippen LogP contribution in [0.25, 0.3) is 22.6 Å². The molecule has 0 aliphatic heterocycles. The monoisotopic (exact) mass is 401 g/mol. The lowest BCUT2D eigenvalue weighted by Crippen LogP contribution is -2.14. The highest BCUT2D eigenvalue weighted by atomic mass is 16.6. The second-order valence-corrected chi connectivity index (χ2v) is 7.16. The van der Waals surface area contributed by atoms with Crippen LogP contribution in [0.1, 0.15) is 27.0 Å². The van der Waals surface area contributed by atoms with E-state index in [0.717, 1.165) is 27.8 Å². The van der Waals surface area contributed by atoms with Crippen LogP contribution in [-0.2, 0) is 0 Å². The summed E-state index contributed by atoms with van der Waals surface area (Å²) in [6.07, 6.45) is 0. The summed E-state index contributed by atoms with van der Waals surface area (Å²) in [7, 11) is 0. The molecular formula is C23H19N3O4. The van der Waals surface area contributed by atoms with Gasteiger partial charge in [0.25, 0.3) is 11.6 Å². The lowest BCUT2D eigenvalue weighted by Gasteiger charge is -2.08. The van der Waals surface area contributed by atoms with Crippen molar-refractivity contribution < 1.29 is 14.1 Å². The maximum absolute atomic E-state index is 12.6. The van der Waals surface area contributed by atoms with Crippen LogP contribution in [0, 0.1) is 30.9 Å². The molecule has 3 aromatic carbocycles. The van der Waals surface area contributed by atoms with E-state index in [0.29, 0.717) is 17.1 Å². The largest absolute Gasteiger partial charge is 0.436 e. The topological polar surface area (TPSA) is 98.3 Å². The van der Waals surface area contributed by atoms with Crippen molar-refractivity contribution in [2.45, 2.75) is 20.8 Å². The Hall–Kier alpha value is -4.00. The Kier molecular flexibility index (Phi) is 4.79. The molecule has 0 aliphatic carbocycles.